The Kier molecular flexibility index (Phi) is 2.94. The Labute approximate surface area is 99.9 Å². The zero-order valence-corrected chi connectivity index (χ0v) is 11.1. The van der Waals surface area contributed by atoms with Gasteiger partial charge >= 0.3 is 0 Å². The van der Waals surface area contributed by atoms with Crippen LogP contribution in [0.1, 0.15) is 52.9 Å². The monoisotopic (exact) mass is 222 g/mol. The van der Waals surface area contributed by atoms with E-state index < -0.39 is 0 Å². The van der Waals surface area contributed by atoms with Crippen molar-refractivity contribution in [1.82, 2.24) is 0 Å². The highest BCUT2D eigenvalue weighted by atomic mass is 16.3. The Morgan fingerprint density at radius 2 is 2.00 bits per heavy atom. The van der Waals surface area contributed by atoms with Crippen molar-refractivity contribution in [3.8, 4) is 0 Å². The lowest BCUT2D eigenvalue weighted by atomic mass is 9.48. The molecule has 2 aliphatic carbocycles. The summed E-state index contributed by atoms with van der Waals surface area (Å²) in [5, 5.41) is 9.67. The second kappa shape index (κ2) is 3.87. The molecular formula is C15H26O. The molecule has 0 heterocycles. The van der Waals surface area contributed by atoms with Gasteiger partial charge in [-0.2, -0.15) is 0 Å². The Hall–Kier alpha value is -0.300. The van der Waals surface area contributed by atoms with Crippen molar-refractivity contribution < 1.29 is 5.11 Å². The fraction of sp³-hybridized carbons (Fsp3) is 0.867. The van der Waals surface area contributed by atoms with E-state index in [0.29, 0.717) is 23.4 Å². The number of hydrogen-bond acceptors (Lipinski definition) is 1. The molecule has 2 rings (SSSR count). The molecule has 2 saturated carbocycles. The van der Waals surface area contributed by atoms with Crippen LogP contribution in [-0.2, 0) is 0 Å². The van der Waals surface area contributed by atoms with Crippen molar-refractivity contribution in [2.75, 3.05) is 6.61 Å². The molecule has 1 unspecified atom stereocenters. The first-order valence-electron chi connectivity index (χ1n) is 6.70. The minimum absolute atomic E-state index is 0.294. The summed E-state index contributed by atoms with van der Waals surface area (Å²) in [4.78, 5) is 0. The van der Waals surface area contributed by atoms with Gasteiger partial charge < -0.3 is 5.11 Å². The standard InChI is InChI=1S/C15H26O/c1-11-6-7-13-14(2,3)8-5-9-15(13,4)12(11)10-16/h12-13,16H,1,5-10H2,2-4H3/t12?,13-,15+/m1/s1. The first-order chi connectivity index (χ1) is 7.42. The topological polar surface area (TPSA) is 20.2 Å². The minimum atomic E-state index is 0.294. The largest absolute Gasteiger partial charge is 0.396 e. The number of fused-ring (bicyclic) bond motifs is 1. The summed E-state index contributed by atoms with van der Waals surface area (Å²) in [6.45, 7) is 11.7. The van der Waals surface area contributed by atoms with Crippen molar-refractivity contribution in [2.24, 2.45) is 22.7 Å². The molecule has 2 aliphatic rings. The molecule has 1 heteroatoms. The predicted molar refractivity (Wildman–Crippen MR) is 68.2 cm³/mol. The molecule has 3 atom stereocenters. The van der Waals surface area contributed by atoms with Crippen molar-refractivity contribution in [3.63, 3.8) is 0 Å². The summed E-state index contributed by atoms with van der Waals surface area (Å²) in [6.07, 6.45) is 6.32. The lowest BCUT2D eigenvalue weighted by molar-refractivity contribution is -0.0651. The highest BCUT2D eigenvalue weighted by molar-refractivity contribution is 5.15. The third kappa shape index (κ3) is 1.64. The molecule has 16 heavy (non-hydrogen) atoms. The van der Waals surface area contributed by atoms with Crippen LogP contribution in [0.5, 0.6) is 0 Å². The summed E-state index contributed by atoms with van der Waals surface area (Å²) in [7, 11) is 0. The quantitative estimate of drug-likeness (QED) is 0.669. The summed E-state index contributed by atoms with van der Waals surface area (Å²) >= 11 is 0. The van der Waals surface area contributed by atoms with Crippen LogP contribution in [0.2, 0.25) is 0 Å². The van der Waals surface area contributed by atoms with E-state index in [2.05, 4.69) is 27.4 Å². The van der Waals surface area contributed by atoms with Crippen LogP contribution in [0.4, 0.5) is 0 Å². The molecule has 0 amide bonds. The van der Waals surface area contributed by atoms with Crippen molar-refractivity contribution in [3.05, 3.63) is 12.2 Å². The van der Waals surface area contributed by atoms with E-state index in [1.165, 1.54) is 31.3 Å². The van der Waals surface area contributed by atoms with Crippen LogP contribution in [-0.4, -0.2) is 11.7 Å². The van der Waals surface area contributed by atoms with Gasteiger partial charge in [0.05, 0.1) is 6.61 Å². The number of hydrogen-bond donors (Lipinski definition) is 1. The lowest BCUT2D eigenvalue weighted by Crippen LogP contribution is -2.50. The van der Waals surface area contributed by atoms with Gasteiger partial charge in [0.25, 0.3) is 0 Å². The van der Waals surface area contributed by atoms with Gasteiger partial charge in [0.2, 0.25) is 0 Å². The molecule has 0 saturated heterocycles. The number of aliphatic hydroxyl groups excluding tert-OH is 1. The maximum Gasteiger partial charge on any atom is 0.0501 e. The summed E-state index contributed by atoms with van der Waals surface area (Å²) in [5.41, 5.74) is 2.03. The normalized spacial score (nSPS) is 42.9. The second-order valence-electron chi connectivity index (χ2n) is 6.83. The average molecular weight is 222 g/mol. The molecule has 1 nitrogen and oxygen atoms in total. The highest BCUT2D eigenvalue weighted by Crippen LogP contribution is 2.60. The van der Waals surface area contributed by atoms with Gasteiger partial charge in [0, 0.05) is 5.92 Å². The molecule has 0 bridgehead atoms. The van der Waals surface area contributed by atoms with Crippen LogP contribution < -0.4 is 0 Å². The van der Waals surface area contributed by atoms with Gasteiger partial charge in [0.15, 0.2) is 0 Å². The molecule has 2 fully saturated rings. The van der Waals surface area contributed by atoms with Crippen LogP contribution in [0.15, 0.2) is 12.2 Å². The van der Waals surface area contributed by atoms with Gasteiger partial charge in [-0.1, -0.05) is 39.3 Å². The lowest BCUT2D eigenvalue weighted by Gasteiger charge is -2.57. The molecule has 92 valence electrons. The minimum Gasteiger partial charge on any atom is -0.396 e. The smallest absolute Gasteiger partial charge is 0.0501 e. The van der Waals surface area contributed by atoms with E-state index in [9.17, 15) is 5.11 Å². The fourth-order valence-corrected chi connectivity index (χ4v) is 4.61. The Morgan fingerprint density at radius 3 is 2.62 bits per heavy atom. The third-order valence-corrected chi connectivity index (χ3v) is 5.50. The maximum atomic E-state index is 9.67. The first kappa shape index (κ1) is 12.2. The molecule has 0 aliphatic heterocycles. The molecule has 0 radical (unpaired) electrons. The molecule has 0 spiro atoms. The van der Waals surface area contributed by atoms with Crippen LogP contribution in [0.25, 0.3) is 0 Å². The third-order valence-electron chi connectivity index (χ3n) is 5.50. The van der Waals surface area contributed by atoms with Crippen molar-refractivity contribution in [2.45, 2.75) is 52.9 Å². The number of rotatable bonds is 1. The van der Waals surface area contributed by atoms with E-state index in [4.69, 9.17) is 0 Å². The SMILES string of the molecule is C=C1CC[C@@H]2C(C)(C)CCC[C@@]2(C)C1CO. The van der Waals surface area contributed by atoms with E-state index in [-0.39, 0.29) is 0 Å². The van der Waals surface area contributed by atoms with Crippen LogP contribution in [0, 0.1) is 22.7 Å². The Morgan fingerprint density at radius 1 is 1.31 bits per heavy atom. The van der Waals surface area contributed by atoms with Crippen molar-refractivity contribution >= 4 is 0 Å². The maximum absolute atomic E-state index is 9.67. The van der Waals surface area contributed by atoms with E-state index in [0.717, 1.165) is 12.3 Å². The van der Waals surface area contributed by atoms with Gasteiger partial charge in [-0.25, -0.2) is 0 Å². The van der Waals surface area contributed by atoms with Crippen molar-refractivity contribution in [1.29, 1.82) is 0 Å². The summed E-state index contributed by atoms with van der Waals surface area (Å²) in [6, 6.07) is 0. The van der Waals surface area contributed by atoms with Gasteiger partial charge in [-0.15, -0.1) is 0 Å². The van der Waals surface area contributed by atoms with E-state index in [1.807, 2.05) is 0 Å². The average Bonchev–Trinajstić information content (AvgIpc) is 2.15. The van der Waals surface area contributed by atoms with Gasteiger partial charge in [-0.05, 0) is 42.4 Å². The summed E-state index contributed by atoms with van der Waals surface area (Å²) in [5.74, 6) is 1.10. The van der Waals surface area contributed by atoms with Gasteiger partial charge in [-0.3, -0.25) is 0 Å². The molecular weight excluding hydrogens is 196 g/mol. The molecule has 1 N–H and O–H groups in total. The van der Waals surface area contributed by atoms with Gasteiger partial charge in [0.1, 0.15) is 0 Å². The van der Waals surface area contributed by atoms with E-state index >= 15 is 0 Å². The van der Waals surface area contributed by atoms with E-state index in [1.54, 1.807) is 0 Å². The Bertz CT molecular complexity index is 292. The van der Waals surface area contributed by atoms with Crippen LogP contribution in [0.3, 0.4) is 0 Å². The fourth-order valence-electron chi connectivity index (χ4n) is 4.61. The predicted octanol–water partition coefficient (Wildman–Crippen LogP) is 3.78. The highest BCUT2D eigenvalue weighted by Gasteiger charge is 2.52. The molecule has 0 aromatic heterocycles. The molecule has 0 aromatic carbocycles. The second-order valence-corrected chi connectivity index (χ2v) is 6.83. The first-order valence-corrected chi connectivity index (χ1v) is 6.70. The zero-order valence-electron chi connectivity index (χ0n) is 11.1. The zero-order chi connectivity index (χ0) is 12.0. The molecule has 0 aromatic rings. The Balaban J connectivity index is 2.34. The van der Waals surface area contributed by atoms with Crippen LogP contribution >= 0.6 is 0 Å². The number of aliphatic hydroxyl groups is 1. The summed E-state index contributed by atoms with van der Waals surface area (Å²) < 4.78 is 0.